The van der Waals surface area contributed by atoms with Crippen LogP contribution in [-0.4, -0.2) is 25.6 Å². The summed E-state index contributed by atoms with van der Waals surface area (Å²) in [6, 6.07) is 2.55. The highest BCUT2D eigenvalue weighted by atomic mass is 19.1. The quantitative estimate of drug-likeness (QED) is 0.588. The normalized spacial score (nSPS) is 14.3. The van der Waals surface area contributed by atoms with E-state index in [1.54, 1.807) is 11.9 Å². The second kappa shape index (κ2) is 5.42. The highest BCUT2D eigenvalue weighted by Gasteiger charge is 2.26. The number of anilines is 1. The van der Waals surface area contributed by atoms with Crippen LogP contribution in [0.4, 0.5) is 15.8 Å². The molecule has 1 saturated carbocycles. The molecule has 0 atom stereocenters. The van der Waals surface area contributed by atoms with Crippen molar-refractivity contribution in [3.05, 3.63) is 28.1 Å². The summed E-state index contributed by atoms with van der Waals surface area (Å²) in [5.41, 5.74) is -0.221. The van der Waals surface area contributed by atoms with Gasteiger partial charge in [0, 0.05) is 25.7 Å². The van der Waals surface area contributed by atoms with Gasteiger partial charge >= 0.3 is 5.69 Å². The van der Waals surface area contributed by atoms with E-state index in [1.165, 1.54) is 26.0 Å². The van der Waals surface area contributed by atoms with Crippen molar-refractivity contribution in [1.29, 1.82) is 0 Å². The van der Waals surface area contributed by atoms with Crippen molar-refractivity contribution in [1.82, 2.24) is 0 Å². The monoisotopic (exact) mass is 268 g/mol. The van der Waals surface area contributed by atoms with Crippen molar-refractivity contribution in [2.75, 3.05) is 25.6 Å². The van der Waals surface area contributed by atoms with E-state index in [0.717, 1.165) is 18.4 Å². The van der Waals surface area contributed by atoms with E-state index in [2.05, 4.69) is 0 Å². The Morgan fingerprint density at radius 2 is 2.21 bits per heavy atom. The summed E-state index contributed by atoms with van der Waals surface area (Å²) in [7, 11) is 3.15. The molecule has 1 aliphatic rings. The molecule has 0 aromatic heterocycles. The van der Waals surface area contributed by atoms with Crippen molar-refractivity contribution in [3.8, 4) is 5.75 Å². The number of nitro groups is 1. The largest absolute Gasteiger partial charge is 0.497 e. The van der Waals surface area contributed by atoms with Crippen LogP contribution in [-0.2, 0) is 0 Å². The van der Waals surface area contributed by atoms with Gasteiger partial charge in [0.1, 0.15) is 11.4 Å². The predicted molar refractivity (Wildman–Crippen MR) is 70.2 cm³/mol. The number of hydrogen-bond acceptors (Lipinski definition) is 4. The molecular weight excluding hydrogens is 251 g/mol. The summed E-state index contributed by atoms with van der Waals surface area (Å²) in [6.07, 6.45) is 3.43. The zero-order valence-electron chi connectivity index (χ0n) is 11.1. The third kappa shape index (κ3) is 3.13. The number of halogens is 1. The van der Waals surface area contributed by atoms with Crippen LogP contribution in [0, 0.1) is 21.8 Å². The van der Waals surface area contributed by atoms with Crippen LogP contribution in [0.5, 0.6) is 5.75 Å². The average molecular weight is 268 g/mol. The number of ether oxygens (including phenoxy) is 1. The van der Waals surface area contributed by atoms with E-state index >= 15 is 0 Å². The molecule has 104 valence electrons. The van der Waals surface area contributed by atoms with Crippen molar-refractivity contribution < 1.29 is 14.1 Å². The van der Waals surface area contributed by atoms with Gasteiger partial charge < -0.3 is 9.64 Å². The van der Waals surface area contributed by atoms with E-state index in [0.29, 0.717) is 6.54 Å². The molecule has 0 unspecified atom stereocenters. The van der Waals surface area contributed by atoms with Gasteiger partial charge in [0.05, 0.1) is 12.0 Å². The fourth-order valence-corrected chi connectivity index (χ4v) is 2.05. The molecule has 1 aliphatic carbocycles. The third-order valence-corrected chi connectivity index (χ3v) is 3.42. The number of benzene rings is 1. The van der Waals surface area contributed by atoms with Crippen LogP contribution < -0.4 is 9.64 Å². The molecule has 0 heterocycles. The van der Waals surface area contributed by atoms with Gasteiger partial charge in [-0.1, -0.05) is 12.8 Å². The van der Waals surface area contributed by atoms with Crippen molar-refractivity contribution in [2.24, 2.45) is 5.92 Å². The Morgan fingerprint density at radius 1 is 1.53 bits per heavy atom. The fraction of sp³-hybridized carbons (Fsp3) is 0.538. The molecule has 0 saturated heterocycles. The Morgan fingerprint density at radius 3 is 2.74 bits per heavy atom. The zero-order valence-corrected chi connectivity index (χ0v) is 11.1. The van der Waals surface area contributed by atoms with Crippen molar-refractivity contribution >= 4 is 11.4 Å². The smallest absolute Gasteiger partial charge is 0.328 e. The second-order valence-electron chi connectivity index (χ2n) is 4.89. The molecule has 0 radical (unpaired) electrons. The molecule has 6 heteroatoms. The van der Waals surface area contributed by atoms with Gasteiger partial charge in [-0.2, -0.15) is 4.39 Å². The van der Waals surface area contributed by atoms with Gasteiger partial charge in [0.15, 0.2) is 0 Å². The Bertz CT molecular complexity index is 489. The van der Waals surface area contributed by atoms with Crippen LogP contribution >= 0.6 is 0 Å². The van der Waals surface area contributed by atoms with Crippen molar-refractivity contribution in [3.63, 3.8) is 0 Å². The topological polar surface area (TPSA) is 55.6 Å². The van der Waals surface area contributed by atoms with Gasteiger partial charge in [-0.05, 0) is 12.3 Å². The zero-order chi connectivity index (χ0) is 14.0. The first-order valence-electron chi connectivity index (χ1n) is 6.26. The molecule has 0 amide bonds. The molecule has 1 aromatic carbocycles. The summed E-state index contributed by atoms with van der Waals surface area (Å²) in [5.74, 6) is 0.144. The first kappa shape index (κ1) is 13.6. The maximum atomic E-state index is 13.8. The molecular formula is C13H17FN2O3. The summed E-state index contributed by atoms with van der Waals surface area (Å²) >= 11 is 0. The lowest BCUT2D eigenvalue weighted by Gasteiger charge is -2.19. The molecule has 19 heavy (non-hydrogen) atoms. The Labute approximate surface area is 111 Å². The number of rotatable bonds is 6. The van der Waals surface area contributed by atoms with E-state index in [9.17, 15) is 14.5 Å². The number of nitro benzene ring substituents is 1. The predicted octanol–water partition coefficient (Wildman–Crippen LogP) is 2.98. The van der Waals surface area contributed by atoms with E-state index < -0.39 is 16.4 Å². The van der Waals surface area contributed by atoms with Gasteiger partial charge in [0.25, 0.3) is 0 Å². The van der Waals surface area contributed by atoms with Crippen LogP contribution in [0.2, 0.25) is 0 Å². The van der Waals surface area contributed by atoms with Crippen LogP contribution in [0.3, 0.4) is 0 Å². The summed E-state index contributed by atoms with van der Waals surface area (Å²) in [6.45, 7) is 0.679. The molecule has 0 aliphatic heterocycles. The minimum atomic E-state index is -0.863. The summed E-state index contributed by atoms with van der Waals surface area (Å²) in [5, 5.41) is 11.0. The summed E-state index contributed by atoms with van der Waals surface area (Å²) in [4.78, 5) is 12.0. The lowest BCUT2D eigenvalue weighted by Crippen LogP contribution is -2.20. The molecule has 0 spiro atoms. The Hall–Kier alpha value is -1.85. The van der Waals surface area contributed by atoms with E-state index in [-0.39, 0.29) is 11.4 Å². The third-order valence-electron chi connectivity index (χ3n) is 3.42. The summed E-state index contributed by atoms with van der Waals surface area (Å²) < 4.78 is 18.7. The maximum absolute atomic E-state index is 13.8. The van der Waals surface area contributed by atoms with Gasteiger partial charge in [-0.25, -0.2) is 0 Å². The number of methoxy groups -OCH3 is 1. The highest BCUT2D eigenvalue weighted by Crippen LogP contribution is 2.36. The fourth-order valence-electron chi connectivity index (χ4n) is 2.05. The molecule has 0 bridgehead atoms. The average Bonchev–Trinajstić information content (AvgIpc) is 3.18. The van der Waals surface area contributed by atoms with Gasteiger partial charge in [-0.3, -0.25) is 10.1 Å². The lowest BCUT2D eigenvalue weighted by atomic mass is 10.2. The molecule has 2 rings (SSSR count). The minimum absolute atomic E-state index is 0.266. The maximum Gasteiger partial charge on any atom is 0.328 e. The number of hydrogen-bond donors (Lipinski definition) is 0. The Balaban J connectivity index is 2.28. The van der Waals surface area contributed by atoms with E-state index in [4.69, 9.17) is 4.74 Å². The first-order chi connectivity index (χ1) is 9.02. The molecule has 1 fully saturated rings. The van der Waals surface area contributed by atoms with Crippen LogP contribution in [0.1, 0.15) is 19.3 Å². The van der Waals surface area contributed by atoms with Gasteiger partial charge in [-0.15, -0.1) is 0 Å². The lowest BCUT2D eigenvalue weighted by molar-refractivity contribution is -0.386. The second-order valence-corrected chi connectivity index (χ2v) is 4.89. The van der Waals surface area contributed by atoms with Gasteiger partial charge in [0.2, 0.25) is 5.82 Å². The molecule has 0 N–H and O–H groups in total. The van der Waals surface area contributed by atoms with E-state index in [1.807, 2.05) is 0 Å². The highest BCUT2D eigenvalue weighted by molar-refractivity contribution is 5.66. The van der Waals surface area contributed by atoms with Crippen molar-refractivity contribution in [2.45, 2.75) is 19.3 Å². The first-order valence-corrected chi connectivity index (χ1v) is 6.26. The molecule has 5 nitrogen and oxygen atoms in total. The Kier molecular flexibility index (Phi) is 3.87. The van der Waals surface area contributed by atoms with Crippen LogP contribution in [0.15, 0.2) is 12.1 Å². The standard InChI is InChI=1S/C13H17FN2O3/c1-15(6-5-9-3-4-9)12-8-10(19-2)7-11(14)13(12)16(17)18/h7-9H,3-6H2,1-2H3. The SMILES string of the molecule is COc1cc(F)c([N+](=O)[O-])c(N(C)CCC2CC2)c1. The van der Waals surface area contributed by atoms with Crippen LogP contribution in [0.25, 0.3) is 0 Å². The molecule has 1 aromatic rings. The number of nitrogens with zero attached hydrogens (tertiary/aromatic N) is 2. The minimum Gasteiger partial charge on any atom is -0.497 e.